The predicted molar refractivity (Wildman–Crippen MR) is 46.0 cm³/mol. The SMILES string of the molecule is COC(=O)NC(C)C1CCCN1. The third-order valence-electron chi connectivity index (χ3n) is 2.23. The lowest BCUT2D eigenvalue weighted by Crippen LogP contribution is -2.45. The molecule has 1 fully saturated rings. The number of rotatable bonds is 2. The molecule has 1 aliphatic rings. The second-order valence-corrected chi connectivity index (χ2v) is 3.13. The van der Waals surface area contributed by atoms with E-state index < -0.39 is 0 Å². The first-order valence-electron chi connectivity index (χ1n) is 4.32. The molecule has 0 aliphatic carbocycles. The van der Waals surface area contributed by atoms with Crippen LogP contribution in [0.25, 0.3) is 0 Å². The lowest BCUT2D eigenvalue weighted by atomic mass is 10.1. The first-order chi connectivity index (χ1) is 5.74. The van der Waals surface area contributed by atoms with Crippen molar-refractivity contribution in [3.63, 3.8) is 0 Å². The second kappa shape index (κ2) is 4.30. The van der Waals surface area contributed by atoms with Crippen molar-refractivity contribution in [2.24, 2.45) is 0 Å². The van der Waals surface area contributed by atoms with Crippen molar-refractivity contribution in [2.75, 3.05) is 13.7 Å². The normalized spacial score (nSPS) is 25.0. The first-order valence-corrected chi connectivity index (χ1v) is 4.32. The van der Waals surface area contributed by atoms with Crippen molar-refractivity contribution in [1.82, 2.24) is 10.6 Å². The van der Waals surface area contributed by atoms with E-state index in [4.69, 9.17) is 0 Å². The van der Waals surface area contributed by atoms with Crippen LogP contribution in [0.3, 0.4) is 0 Å². The summed E-state index contributed by atoms with van der Waals surface area (Å²) in [5.41, 5.74) is 0. The van der Waals surface area contributed by atoms with Gasteiger partial charge in [-0.15, -0.1) is 0 Å². The Bertz CT molecular complexity index is 155. The van der Waals surface area contributed by atoms with Gasteiger partial charge in [0.25, 0.3) is 0 Å². The van der Waals surface area contributed by atoms with Gasteiger partial charge < -0.3 is 15.4 Å². The molecule has 4 heteroatoms. The molecule has 1 aliphatic heterocycles. The Balaban J connectivity index is 2.26. The monoisotopic (exact) mass is 172 g/mol. The summed E-state index contributed by atoms with van der Waals surface area (Å²) in [6.45, 7) is 3.04. The van der Waals surface area contributed by atoms with Gasteiger partial charge in [0.2, 0.25) is 0 Å². The summed E-state index contributed by atoms with van der Waals surface area (Å²) in [4.78, 5) is 10.8. The molecule has 0 aromatic heterocycles. The maximum atomic E-state index is 10.8. The van der Waals surface area contributed by atoms with Crippen LogP contribution >= 0.6 is 0 Å². The fourth-order valence-electron chi connectivity index (χ4n) is 1.48. The van der Waals surface area contributed by atoms with Crippen LogP contribution in [0.1, 0.15) is 19.8 Å². The fraction of sp³-hybridized carbons (Fsp3) is 0.875. The summed E-state index contributed by atoms with van der Waals surface area (Å²) in [5.74, 6) is 0. The Morgan fingerprint density at radius 1 is 1.75 bits per heavy atom. The van der Waals surface area contributed by atoms with Crippen molar-refractivity contribution in [1.29, 1.82) is 0 Å². The molecule has 0 aromatic rings. The van der Waals surface area contributed by atoms with Gasteiger partial charge in [-0.3, -0.25) is 0 Å². The number of alkyl carbamates (subject to hydrolysis) is 1. The molecule has 0 radical (unpaired) electrons. The lowest BCUT2D eigenvalue weighted by Gasteiger charge is -2.19. The molecular formula is C8H16N2O2. The van der Waals surface area contributed by atoms with E-state index in [0.29, 0.717) is 6.04 Å². The Morgan fingerprint density at radius 2 is 2.50 bits per heavy atom. The van der Waals surface area contributed by atoms with Crippen LogP contribution in [0.5, 0.6) is 0 Å². The van der Waals surface area contributed by atoms with Crippen LogP contribution in [0.4, 0.5) is 4.79 Å². The van der Waals surface area contributed by atoms with E-state index in [1.807, 2.05) is 6.92 Å². The van der Waals surface area contributed by atoms with E-state index in [1.54, 1.807) is 0 Å². The van der Waals surface area contributed by atoms with Crippen molar-refractivity contribution < 1.29 is 9.53 Å². The highest BCUT2D eigenvalue weighted by Crippen LogP contribution is 2.08. The molecule has 0 bridgehead atoms. The molecule has 1 rings (SSSR count). The maximum Gasteiger partial charge on any atom is 0.407 e. The number of carbonyl (C=O) groups is 1. The van der Waals surface area contributed by atoms with E-state index in [9.17, 15) is 4.79 Å². The maximum absolute atomic E-state index is 10.8. The standard InChI is InChI=1S/C8H16N2O2/c1-6(10-8(11)12-2)7-4-3-5-9-7/h6-7,9H,3-5H2,1-2H3,(H,10,11). The third-order valence-corrected chi connectivity index (χ3v) is 2.23. The van der Waals surface area contributed by atoms with E-state index in [-0.39, 0.29) is 12.1 Å². The van der Waals surface area contributed by atoms with Gasteiger partial charge in [-0.2, -0.15) is 0 Å². The molecule has 4 nitrogen and oxygen atoms in total. The third kappa shape index (κ3) is 2.37. The lowest BCUT2D eigenvalue weighted by molar-refractivity contribution is 0.165. The van der Waals surface area contributed by atoms with Crippen LogP contribution in [0.15, 0.2) is 0 Å². The van der Waals surface area contributed by atoms with Gasteiger partial charge in [0.15, 0.2) is 0 Å². The number of ether oxygens (including phenoxy) is 1. The van der Waals surface area contributed by atoms with Crippen LogP contribution in [0, 0.1) is 0 Å². The summed E-state index contributed by atoms with van der Waals surface area (Å²) in [6, 6.07) is 0.559. The molecule has 1 heterocycles. The van der Waals surface area contributed by atoms with Crippen LogP contribution < -0.4 is 10.6 Å². The van der Waals surface area contributed by atoms with Gasteiger partial charge >= 0.3 is 6.09 Å². The van der Waals surface area contributed by atoms with Crippen molar-refractivity contribution in [3.05, 3.63) is 0 Å². The molecule has 1 saturated heterocycles. The minimum atomic E-state index is -0.351. The summed E-state index contributed by atoms with van der Waals surface area (Å²) >= 11 is 0. The molecule has 0 aromatic carbocycles. The highest BCUT2D eigenvalue weighted by Gasteiger charge is 2.21. The topological polar surface area (TPSA) is 50.4 Å². The number of hydrogen-bond acceptors (Lipinski definition) is 3. The van der Waals surface area contributed by atoms with Gasteiger partial charge in [-0.05, 0) is 26.3 Å². The van der Waals surface area contributed by atoms with E-state index >= 15 is 0 Å². The summed E-state index contributed by atoms with van der Waals surface area (Å²) in [5, 5.41) is 6.06. The smallest absolute Gasteiger partial charge is 0.407 e. The highest BCUT2D eigenvalue weighted by molar-refractivity contribution is 5.67. The summed E-state index contributed by atoms with van der Waals surface area (Å²) < 4.78 is 4.50. The van der Waals surface area contributed by atoms with Crippen LogP contribution in [0.2, 0.25) is 0 Å². The zero-order valence-corrected chi connectivity index (χ0v) is 7.59. The van der Waals surface area contributed by atoms with E-state index in [0.717, 1.165) is 13.0 Å². The van der Waals surface area contributed by atoms with Gasteiger partial charge in [0.1, 0.15) is 0 Å². The Morgan fingerprint density at radius 3 is 3.00 bits per heavy atom. The Kier molecular flexibility index (Phi) is 3.34. The molecule has 1 amide bonds. The second-order valence-electron chi connectivity index (χ2n) is 3.13. The average Bonchev–Trinajstić information content (AvgIpc) is 2.56. The Hall–Kier alpha value is -0.770. The zero-order valence-electron chi connectivity index (χ0n) is 7.59. The van der Waals surface area contributed by atoms with E-state index in [1.165, 1.54) is 13.5 Å². The molecule has 12 heavy (non-hydrogen) atoms. The highest BCUT2D eigenvalue weighted by atomic mass is 16.5. The first kappa shape index (κ1) is 9.32. The molecule has 0 saturated carbocycles. The minimum absolute atomic E-state index is 0.153. The molecule has 0 spiro atoms. The van der Waals surface area contributed by atoms with Crippen molar-refractivity contribution in [2.45, 2.75) is 31.8 Å². The molecule has 2 atom stereocenters. The minimum Gasteiger partial charge on any atom is -0.453 e. The predicted octanol–water partition coefficient (Wildman–Crippen LogP) is 0.483. The largest absolute Gasteiger partial charge is 0.453 e. The van der Waals surface area contributed by atoms with Crippen molar-refractivity contribution in [3.8, 4) is 0 Å². The molecule has 70 valence electrons. The quantitative estimate of drug-likeness (QED) is 0.637. The number of carbonyl (C=O) groups excluding carboxylic acids is 1. The summed E-state index contributed by atoms with van der Waals surface area (Å²) in [7, 11) is 1.38. The van der Waals surface area contributed by atoms with E-state index in [2.05, 4.69) is 15.4 Å². The fourth-order valence-corrected chi connectivity index (χ4v) is 1.48. The number of nitrogens with one attached hydrogen (secondary N) is 2. The number of hydrogen-bond donors (Lipinski definition) is 2. The Labute approximate surface area is 72.7 Å². The summed E-state index contributed by atoms with van der Waals surface area (Å²) in [6.07, 6.45) is 1.97. The van der Waals surface area contributed by atoms with Crippen LogP contribution in [-0.4, -0.2) is 31.8 Å². The van der Waals surface area contributed by atoms with Crippen LogP contribution in [-0.2, 0) is 4.74 Å². The van der Waals surface area contributed by atoms with Gasteiger partial charge in [0, 0.05) is 12.1 Å². The molecule has 2 N–H and O–H groups in total. The van der Waals surface area contributed by atoms with Gasteiger partial charge in [-0.25, -0.2) is 4.79 Å². The number of methoxy groups -OCH3 is 1. The average molecular weight is 172 g/mol. The molecular weight excluding hydrogens is 156 g/mol. The van der Waals surface area contributed by atoms with Gasteiger partial charge in [0.05, 0.1) is 7.11 Å². The number of amides is 1. The van der Waals surface area contributed by atoms with Gasteiger partial charge in [-0.1, -0.05) is 0 Å². The molecule has 2 unspecified atom stereocenters. The zero-order chi connectivity index (χ0) is 8.97. The van der Waals surface area contributed by atoms with Crippen molar-refractivity contribution >= 4 is 6.09 Å².